The van der Waals surface area contributed by atoms with E-state index in [2.05, 4.69) is 0 Å². The van der Waals surface area contributed by atoms with Crippen LogP contribution in [-0.2, 0) is 19.1 Å². The van der Waals surface area contributed by atoms with Crippen LogP contribution in [0.1, 0.15) is 44.6 Å². The number of carbonyl (C=O) groups excluding carboxylic acids is 2. The first-order valence-electron chi connectivity index (χ1n) is 9.22. The van der Waals surface area contributed by atoms with Gasteiger partial charge in [-0.15, -0.1) is 0 Å². The average molecular weight is 370 g/mol. The van der Waals surface area contributed by atoms with Crippen LogP contribution in [-0.4, -0.2) is 25.7 Å². The smallest absolute Gasteiger partial charge is 0.335 e. The summed E-state index contributed by atoms with van der Waals surface area (Å²) in [5.41, 5.74) is 2.64. The zero-order valence-corrected chi connectivity index (χ0v) is 15.9. The Morgan fingerprint density at radius 3 is 2.37 bits per heavy atom. The van der Waals surface area contributed by atoms with Crippen molar-refractivity contribution in [3.8, 4) is 5.75 Å². The fourth-order valence-electron chi connectivity index (χ4n) is 2.80. The SMILES string of the molecule is CCOC(=O)/C=C1/CCCCC/C1=C\OC(=O)/C=C/c1ccc(OC)cc1. The number of methoxy groups -OCH3 is 1. The minimum absolute atomic E-state index is 0.340. The molecule has 0 radical (unpaired) electrons. The zero-order valence-electron chi connectivity index (χ0n) is 15.9. The third-order valence-corrected chi connectivity index (χ3v) is 4.23. The van der Waals surface area contributed by atoms with Crippen LogP contribution in [0.5, 0.6) is 5.75 Å². The van der Waals surface area contributed by atoms with Gasteiger partial charge < -0.3 is 14.2 Å². The molecule has 0 aromatic heterocycles. The summed E-state index contributed by atoms with van der Waals surface area (Å²) >= 11 is 0. The second-order valence-corrected chi connectivity index (χ2v) is 6.17. The number of hydrogen-bond acceptors (Lipinski definition) is 5. The number of esters is 2. The Kier molecular flexibility index (Phi) is 8.36. The van der Waals surface area contributed by atoms with E-state index in [1.165, 1.54) is 18.4 Å². The summed E-state index contributed by atoms with van der Waals surface area (Å²) in [5, 5.41) is 0. The molecule has 0 bridgehead atoms. The van der Waals surface area contributed by atoms with Crippen LogP contribution in [0.4, 0.5) is 0 Å². The van der Waals surface area contributed by atoms with Crippen LogP contribution in [0.25, 0.3) is 6.08 Å². The normalized spacial score (nSPS) is 17.7. The molecule has 1 aromatic carbocycles. The van der Waals surface area contributed by atoms with Crippen LogP contribution >= 0.6 is 0 Å². The molecule has 5 nitrogen and oxygen atoms in total. The minimum atomic E-state index is -0.460. The predicted molar refractivity (Wildman–Crippen MR) is 104 cm³/mol. The summed E-state index contributed by atoms with van der Waals surface area (Å²) in [4.78, 5) is 23.8. The third kappa shape index (κ3) is 7.13. The molecule has 0 atom stereocenters. The molecular weight excluding hydrogens is 344 g/mol. The van der Waals surface area contributed by atoms with E-state index in [1.807, 2.05) is 24.3 Å². The molecule has 27 heavy (non-hydrogen) atoms. The van der Waals surface area contributed by atoms with Crippen molar-refractivity contribution < 1.29 is 23.8 Å². The van der Waals surface area contributed by atoms with E-state index in [-0.39, 0.29) is 5.97 Å². The number of carbonyl (C=O) groups is 2. The second kappa shape index (κ2) is 11.0. The molecule has 0 spiro atoms. The molecule has 1 saturated carbocycles. The van der Waals surface area contributed by atoms with E-state index in [0.29, 0.717) is 6.61 Å². The van der Waals surface area contributed by atoms with Gasteiger partial charge in [-0.25, -0.2) is 9.59 Å². The highest BCUT2D eigenvalue weighted by Crippen LogP contribution is 2.27. The Balaban J connectivity index is 2.02. The molecule has 2 rings (SSSR count). The van der Waals surface area contributed by atoms with E-state index in [4.69, 9.17) is 14.2 Å². The third-order valence-electron chi connectivity index (χ3n) is 4.23. The molecule has 5 heteroatoms. The molecule has 0 saturated heterocycles. The molecule has 0 amide bonds. The Bertz CT molecular complexity index is 726. The first-order chi connectivity index (χ1) is 13.1. The molecule has 1 fully saturated rings. The Hall–Kier alpha value is -2.82. The molecular formula is C22H26O5. The summed E-state index contributed by atoms with van der Waals surface area (Å²) in [5.74, 6) is -0.0576. The highest BCUT2D eigenvalue weighted by Gasteiger charge is 2.13. The van der Waals surface area contributed by atoms with E-state index >= 15 is 0 Å². The van der Waals surface area contributed by atoms with Crippen LogP contribution in [0, 0.1) is 0 Å². The Morgan fingerprint density at radius 1 is 1.00 bits per heavy atom. The first-order valence-corrected chi connectivity index (χ1v) is 9.22. The molecule has 0 aliphatic heterocycles. The number of allylic oxidation sites excluding steroid dienone is 2. The number of ether oxygens (including phenoxy) is 3. The number of benzene rings is 1. The maximum absolute atomic E-state index is 12.0. The summed E-state index contributed by atoms with van der Waals surface area (Å²) in [6, 6.07) is 7.36. The van der Waals surface area contributed by atoms with Gasteiger partial charge in [0.1, 0.15) is 5.75 Å². The van der Waals surface area contributed by atoms with E-state index in [0.717, 1.165) is 54.6 Å². The lowest BCUT2D eigenvalue weighted by molar-refractivity contribution is -0.137. The maximum atomic E-state index is 12.0. The van der Waals surface area contributed by atoms with Gasteiger partial charge in [-0.2, -0.15) is 0 Å². The lowest BCUT2D eigenvalue weighted by Gasteiger charge is -2.08. The maximum Gasteiger partial charge on any atom is 0.335 e. The summed E-state index contributed by atoms with van der Waals surface area (Å²) in [7, 11) is 1.61. The van der Waals surface area contributed by atoms with Crippen molar-refractivity contribution in [3.63, 3.8) is 0 Å². The Labute approximate surface area is 160 Å². The van der Waals surface area contributed by atoms with Gasteiger partial charge in [0, 0.05) is 12.2 Å². The average Bonchev–Trinajstić information content (AvgIpc) is 2.90. The van der Waals surface area contributed by atoms with Gasteiger partial charge >= 0.3 is 11.9 Å². The van der Waals surface area contributed by atoms with Crippen molar-refractivity contribution in [2.45, 2.75) is 39.0 Å². The largest absolute Gasteiger partial charge is 0.497 e. The van der Waals surface area contributed by atoms with E-state index in [9.17, 15) is 9.59 Å². The van der Waals surface area contributed by atoms with E-state index in [1.54, 1.807) is 20.1 Å². The van der Waals surface area contributed by atoms with Gasteiger partial charge in [0.15, 0.2) is 0 Å². The van der Waals surface area contributed by atoms with Crippen molar-refractivity contribution in [2.24, 2.45) is 0 Å². The quantitative estimate of drug-likeness (QED) is 0.317. The van der Waals surface area contributed by atoms with Gasteiger partial charge in [0.2, 0.25) is 0 Å². The van der Waals surface area contributed by atoms with Gasteiger partial charge in [0.25, 0.3) is 0 Å². The lowest BCUT2D eigenvalue weighted by atomic mass is 10.0. The Morgan fingerprint density at radius 2 is 1.70 bits per heavy atom. The summed E-state index contributed by atoms with van der Waals surface area (Å²) in [6.45, 7) is 2.12. The van der Waals surface area contributed by atoms with Crippen LogP contribution in [0.2, 0.25) is 0 Å². The van der Waals surface area contributed by atoms with Crippen LogP contribution in [0.3, 0.4) is 0 Å². The topological polar surface area (TPSA) is 61.8 Å². The predicted octanol–water partition coefficient (Wildman–Crippen LogP) is 4.59. The van der Waals surface area contributed by atoms with Crippen molar-refractivity contribution in [1.29, 1.82) is 0 Å². The summed E-state index contributed by atoms with van der Waals surface area (Å²) in [6.07, 6.45) is 10.7. The second-order valence-electron chi connectivity index (χ2n) is 6.17. The lowest BCUT2D eigenvalue weighted by Crippen LogP contribution is -2.03. The molecule has 1 aromatic rings. The molecule has 0 heterocycles. The van der Waals surface area contributed by atoms with Crippen LogP contribution in [0.15, 0.2) is 53.8 Å². The highest BCUT2D eigenvalue weighted by atomic mass is 16.5. The summed E-state index contributed by atoms with van der Waals surface area (Å²) < 4.78 is 15.4. The number of rotatable bonds is 6. The van der Waals surface area contributed by atoms with Crippen molar-refractivity contribution >= 4 is 18.0 Å². The first kappa shape index (κ1) is 20.5. The zero-order chi connectivity index (χ0) is 19.5. The van der Waals surface area contributed by atoms with E-state index < -0.39 is 5.97 Å². The van der Waals surface area contributed by atoms with Gasteiger partial charge in [0.05, 0.1) is 20.0 Å². The molecule has 1 aliphatic rings. The molecule has 1 aliphatic carbocycles. The van der Waals surface area contributed by atoms with Crippen molar-refractivity contribution in [1.82, 2.24) is 0 Å². The minimum Gasteiger partial charge on any atom is -0.497 e. The number of hydrogen-bond donors (Lipinski definition) is 0. The fraction of sp³-hybridized carbons (Fsp3) is 0.364. The highest BCUT2D eigenvalue weighted by molar-refractivity contribution is 5.87. The standard InChI is InChI=1S/C22H26O5/c1-3-26-22(24)15-18-7-5-4-6-8-19(18)16-27-21(23)14-11-17-9-12-20(25-2)13-10-17/h9-16H,3-8H2,1-2H3/b14-11+,18-15-,19-16+. The molecule has 0 unspecified atom stereocenters. The van der Waals surface area contributed by atoms with Crippen LogP contribution < -0.4 is 4.74 Å². The fourth-order valence-corrected chi connectivity index (χ4v) is 2.80. The molecule has 144 valence electrons. The monoisotopic (exact) mass is 370 g/mol. The van der Waals surface area contributed by atoms with Gasteiger partial charge in [-0.05, 0) is 67.5 Å². The van der Waals surface area contributed by atoms with Crippen molar-refractivity contribution in [2.75, 3.05) is 13.7 Å². The molecule has 0 N–H and O–H groups in total. The van der Waals surface area contributed by atoms with Crippen molar-refractivity contribution in [3.05, 3.63) is 59.4 Å². The van der Waals surface area contributed by atoms with Gasteiger partial charge in [-0.1, -0.05) is 18.6 Å². The van der Waals surface area contributed by atoms with Gasteiger partial charge in [-0.3, -0.25) is 0 Å².